The normalized spacial score (nSPS) is 13.2. The Kier molecular flexibility index (Phi) is 7.42. The number of carbonyl (C=O) groups is 2. The van der Waals surface area contributed by atoms with Crippen LogP contribution < -0.4 is 5.32 Å². The van der Waals surface area contributed by atoms with E-state index in [1.54, 1.807) is 59.9 Å². The first-order valence-electron chi connectivity index (χ1n) is 8.80. The minimum atomic E-state index is -3.54. The van der Waals surface area contributed by atoms with E-state index in [1.165, 1.54) is 11.8 Å². The number of hydrogen-bond acceptors (Lipinski definition) is 5. The van der Waals surface area contributed by atoms with Crippen LogP contribution in [0, 0.1) is 0 Å². The summed E-state index contributed by atoms with van der Waals surface area (Å²) in [6.07, 6.45) is -0.450. The van der Waals surface area contributed by atoms with E-state index in [-0.39, 0.29) is 0 Å². The minimum absolute atomic E-state index is 0.290. The molecule has 0 radical (unpaired) electrons. The van der Waals surface area contributed by atoms with Gasteiger partial charge in [-0.15, -0.1) is 0 Å². The third-order valence-corrected chi connectivity index (χ3v) is 6.35. The van der Waals surface area contributed by atoms with Gasteiger partial charge in [0.2, 0.25) is 5.91 Å². The molecule has 1 atom stereocenters. The summed E-state index contributed by atoms with van der Waals surface area (Å²) in [6, 6.07) is 6.91. The summed E-state index contributed by atoms with van der Waals surface area (Å²) in [5.74, 6) is -0.582. The lowest BCUT2D eigenvalue weighted by Crippen LogP contribution is -2.36. The molecule has 0 aliphatic rings. The summed E-state index contributed by atoms with van der Waals surface area (Å²) in [5.41, 5.74) is 0.667. The van der Waals surface area contributed by atoms with E-state index in [4.69, 9.17) is 4.74 Å². The lowest BCUT2D eigenvalue weighted by Gasteiger charge is -2.24. The molecular weight excluding hydrogens is 368 g/mol. The second-order valence-corrected chi connectivity index (χ2v) is 10.6. The van der Waals surface area contributed by atoms with Crippen molar-refractivity contribution in [3.05, 3.63) is 29.8 Å². The zero-order valence-electron chi connectivity index (χ0n) is 17.1. The number of nitrogens with one attached hydrogen (secondary N) is 1. The third kappa shape index (κ3) is 6.86. The topological polar surface area (TPSA) is 92.8 Å². The summed E-state index contributed by atoms with van der Waals surface area (Å²) in [7, 11) is -1.91. The highest BCUT2D eigenvalue weighted by Gasteiger charge is 2.30. The van der Waals surface area contributed by atoms with E-state index in [0.717, 1.165) is 5.56 Å². The van der Waals surface area contributed by atoms with Crippen LogP contribution in [0.1, 0.15) is 47.1 Å². The van der Waals surface area contributed by atoms with Gasteiger partial charge in [-0.1, -0.05) is 12.1 Å². The van der Waals surface area contributed by atoms with Gasteiger partial charge in [-0.25, -0.2) is 13.2 Å². The maximum Gasteiger partial charge on any atom is 0.410 e. The third-order valence-electron chi connectivity index (χ3n) is 3.84. The Morgan fingerprint density at radius 1 is 1.19 bits per heavy atom. The van der Waals surface area contributed by atoms with E-state index in [9.17, 15) is 18.0 Å². The molecule has 0 saturated heterocycles. The molecule has 1 unspecified atom stereocenters. The smallest absolute Gasteiger partial charge is 0.410 e. The monoisotopic (exact) mass is 398 g/mol. The zero-order valence-corrected chi connectivity index (χ0v) is 17.9. The fourth-order valence-corrected chi connectivity index (χ4v) is 3.40. The summed E-state index contributed by atoms with van der Waals surface area (Å²) in [4.78, 5) is 25.8. The molecule has 1 N–H and O–H groups in total. The van der Waals surface area contributed by atoms with Crippen molar-refractivity contribution in [1.82, 2.24) is 4.90 Å². The number of hydrogen-bond donors (Lipinski definition) is 1. The van der Waals surface area contributed by atoms with E-state index in [2.05, 4.69) is 5.32 Å². The van der Waals surface area contributed by atoms with Crippen LogP contribution in [0.4, 0.5) is 10.5 Å². The van der Waals surface area contributed by atoms with Gasteiger partial charge < -0.3 is 15.0 Å². The molecule has 0 bridgehead atoms. The number of amides is 2. The van der Waals surface area contributed by atoms with E-state index >= 15 is 0 Å². The Morgan fingerprint density at radius 2 is 1.78 bits per heavy atom. The Hall–Kier alpha value is -2.09. The summed E-state index contributed by atoms with van der Waals surface area (Å²) >= 11 is 0. The molecule has 152 valence electrons. The maximum atomic E-state index is 12.3. The molecule has 0 spiro atoms. The van der Waals surface area contributed by atoms with Crippen LogP contribution in [0.3, 0.4) is 0 Å². The lowest BCUT2D eigenvalue weighted by atomic mass is 10.2. The molecule has 0 aromatic heterocycles. The Morgan fingerprint density at radius 3 is 2.30 bits per heavy atom. The minimum Gasteiger partial charge on any atom is -0.444 e. The highest BCUT2D eigenvalue weighted by Crippen LogP contribution is 2.17. The molecule has 8 heteroatoms. The van der Waals surface area contributed by atoms with Crippen LogP contribution >= 0.6 is 0 Å². The number of sulfone groups is 1. The van der Waals surface area contributed by atoms with Gasteiger partial charge in [-0.05, 0) is 59.2 Å². The first-order valence-corrected chi connectivity index (χ1v) is 10.4. The largest absolute Gasteiger partial charge is 0.444 e. The van der Waals surface area contributed by atoms with Crippen LogP contribution in [0.25, 0.3) is 0 Å². The van der Waals surface area contributed by atoms with Crippen LogP contribution in [0.5, 0.6) is 0 Å². The predicted octanol–water partition coefficient (Wildman–Crippen LogP) is 3.20. The first-order chi connectivity index (χ1) is 12.2. The fourth-order valence-electron chi connectivity index (χ4n) is 2.23. The highest BCUT2D eigenvalue weighted by molar-refractivity contribution is 7.93. The molecule has 27 heavy (non-hydrogen) atoms. The number of benzene rings is 1. The lowest BCUT2D eigenvalue weighted by molar-refractivity contribution is -0.115. The van der Waals surface area contributed by atoms with Gasteiger partial charge in [0.05, 0.1) is 5.25 Å². The average Bonchev–Trinajstić information content (AvgIpc) is 2.52. The summed E-state index contributed by atoms with van der Waals surface area (Å²) in [5, 5.41) is 0.851. The zero-order chi connectivity index (χ0) is 21.0. The van der Waals surface area contributed by atoms with E-state index < -0.39 is 37.9 Å². The first kappa shape index (κ1) is 23.0. The average molecular weight is 399 g/mol. The predicted molar refractivity (Wildman–Crippen MR) is 106 cm³/mol. The molecule has 1 aromatic rings. The van der Waals surface area contributed by atoms with Crippen molar-refractivity contribution in [1.29, 1.82) is 0 Å². The SMILES string of the molecule is CC(C)S(=O)(=O)C(C)C(=O)Nc1cccc(CN(C)C(=O)OC(C)(C)C)c1. The Bertz CT molecular complexity index is 782. The van der Waals surface area contributed by atoms with Gasteiger partial charge in [0.15, 0.2) is 9.84 Å². The Balaban J connectivity index is 2.82. The molecule has 0 saturated carbocycles. The van der Waals surface area contributed by atoms with Gasteiger partial charge in [0.25, 0.3) is 0 Å². The van der Waals surface area contributed by atoms with Crippen molar-refractivity contribution in [2.45, 2.75) is 64.2 Å². The van der Waals surface area contributed by atoms with Crippen LogP contribution in [-0.2, 0) is 25.9 Å². The van der Waals surface area contributed by atoms with Crippen molar-refractivity contribution < 1.29 is 22.7 Å². The van der Waals surface area contributed by atoms with Gasteiger partial charge in [0.1, 0.15) is 10.9 Å². The van der Waals surface area contributed by atoms with Gasteiger partial charge in [-0.3, -0.25) is 4.79 Å². The second kappa shape index (κ2) is 8.73. The molecule has 0 heterocycles. The molecule has 0 aliphatic heterocycles. The van der Waals surface area contributed by atoms with Crippen molar-refractivity contribution >= 4 is 27.5 Å². The Labute approximate surface area is 162 Å². The van der Waals surface area contributed by atoms with Gasteiger partial charge in [-0.2, -0.15) is 0 Å². The maximum absolute atomic E-state index is 12.3. The molecular formula is C19H30N2O5S. The number of anilines is 1. The van der Waals surface area contributed by atoms with Crippen molar-refractivity contribution in [3.8, 4) is 0 Å². The summed E-state index contributed by atoms with van der Waals surface area (Å²) in [6.45, 7) is 10.1. The standard InChI is InChI=1S/C19H30N2O5S/c1-13(2)27(24,25)14(3)17(22)20-16-10-8-9-15(11-16)12-21(7)18(23)26-19(4,5)6/h8-11,13-14H,12H2,1-7H3,(H,20,22). The molecule has 0 fully saturated rings. The van der Waals surface area contributed by atoms with E-state index in [1.807, 2.05) is 6.07 Å². The number of nitrogens with zero attached hydrogens (tertiary/aromatic N) is 1. The molecule has 1 aromatic carbocycles. The number of carbonyl (C=O) groups excluding carboxylic acids is 2. The fraction of sp³-hybridized carbons (Fsp3) is 0.579. The van der Waals surface area contributed by atoms with Crippen molar-refractivity contribution in [3.63, 3.8) is 0 Å². The van der Waals surface area contributed by atoms with Crippen molar-refractivity contribution in [2.24, 2.45) is 0 Å². The molecule has 2 amide bonds. The summed E-state index contributed by atoms with van der Waals surface area (Å²) < 4.78 is 29.6. The van der Waals surface area contributed by atoms with Crippen LogP contribution in [-0.4, -0.2) is 48.5 Å². The molecule has 1 rings (SSSR count). The van der Waals surface area contributed by atoms with Crippen LogP contribution in [0.15, 0.2) is 24.3 Å². The van der Waals surface area contributed by atoms with Crippen molar-refractivity contribution in [2.75, 3.05) is 12.4 Å². The van der Waals surface area contributed by atoms with Gasteiger partial charge in [0, 0.05) is 19.3 Å². The number of ether oxygens (including phenoxy) is 1. The highest BCUT2D eigenvalue weighted by atomic mass is 32.2. The quantitative estimate of drug-likeness (QED) is 0.794. The van der Waals surface area contributed by atoms with Gasteiger partial charge >= 0.3 is 6.09 Å². The number of rotatable bonds is 6. The molecule has 0 aliphatic carbocycles. The second-order valence-electron chi connectivity index (χ2n) is 7.81. The molecule has 7 nitrogen and oxygen atoms in total. The van der Waals surface area contributed by atoms with Crippen LogP contribution in [0.2, 0.25) is 0 Å². The van der Waals surface area contributed by atoms with E-state index in [0.29, 0.717) is 12.2 Å².